The Kier molecular flexibility index (Phi) is 5.41. The lowest BCUT2D eigenvalue weighted by atomic mass is 10.0. The van der Waals surface area contributed by atoms with Crippen molar-refractivity contribution in [2.75, 3.05) is 18.2 Å². The normalized spacial score (nSPS) is 11.0. The fourth-order valence-corrected chi connectivity index (χ4v) is 2.16. The molecule has 0 aliphatic heterocycles. The monoisotopic (exact) mass is 310 g/mol. The van der Waals surface area contributed by atoms with Crippen molar-refractivity contribution in [3.8, 4) is 5.75 Å². The van der Waals surface area contributed by atoms with Crippen molar-refractivity contribution in [1.82, 2.24) is 0 Å². The summed E-state index contributed by atoms with van der Waals surface area (Å²) in [5.74, 6) is 0.911. The quantitative estimate of drug-likeness (QED) is 0.647. The zero-order chi connectivity index (χ0) is 16.8. The van der Waals surface area contributed by atoms with E-state index < -0.39 is 0 Å². The van der Waals surface area contributed by atoms with Gasteiger partial charge in [0.2, 0.25) is 5.91 Å². The van der Waals surface area contributed by atoms with Gasteiger partial charge in [-0.25, -0.2) is 0 Å². The minimum atomic E-state index is -0.184. The third-order valence-corrected chi connectivity index (χ3v) is 3.53. The average molecular weight is 310 g/mol. The Morgan fingerprint density at radius 2 is 1.87 bits per heavy atom. The Labute approximate surface area is 137 Å². The highest BCUT2D eigenvalue weighted by Gasteiger charge is 2.02. The predicted molar refractivity (Wildman–Crippen MR) is 95.6 cm³/mol. The van der Waals surface area contributed by atoms with Gasteiger partial charge in [-0.15, -0.1) is 0 Å². The molecule has 23 heavy (non-hydrogen) atoms. The molecule has 0 aliphatic carbocycles. The molecule has 2 rings (SSSR count). The Morgan fingerprint density at radius 3 is 2.43 bits per heavy atom. The molecule has 2 aromatic carbocycles. The van der Waals surface area contributed by atoms with Gasteiger partial charge in [-0.2, -0.15) is 0 Å². The Bertz CT molecular complexity index is 704. The lowest BCUT2D eigenvalue weighted by molar-refractivity contribution is -0.111. The number of hydrogen-bond donors (Lipinski definition) is 2. The average Bonchev–Trinajstić information content (AvgIpc) is 2.53. The molecule has 0 atom stereocenters. The van der Waals surface area contributed by atoms with Crippen LogP contribution in [0.5, 0.6) is 5.75 Å². The summed E-state index contributed by atoms with van der Waals surface area (Å²) in [4.78, 5) is 12.0. The first-order chi connectivity index (χ1) is 11.0. The van der Waals surface area contributed by atoms with Gasteiger partial charge in [-0.3, -0.25) is 4.79 Å². The minimum Gasteiger partial charge on any atom is -0.495 e. The number of anilines is 2. The molecule has 0 saturated carbocycles. The molecule has 1 amide bonds. The van der Waals surface area contributed by atoms with Crippen molar-refractivity contribution in [2.45, 2.75) is 19.8 Å². The summed E-state index contributed by atoms with van der Waals surface area (Å²) in [7, 11) is 1.57. The second-order valence-electron chi connectivity index (χ2n) is 5.60. The lowest BCUT2D eigenvalue weighted by Gasteiger charge is -2.07. The maximum Gasteiger partial charge on any atom is 0.248 e. The van der Waals surface area contributed by atoms with E-state index in [-0.39, 0.29) is 5.91 Å². The number of carbonyl (C=O) groups excluding carboxylic acids is 1. The first kappa shape index (κ1) is 16.6. The van der Waals surface area contributed by atoms with E-state index in [1.165, 1.54) is 11.6 Å². The lowest BCUT2D eigenvalue weighted by Crippen LogP contribution is -2.07. The van der Waals surface area contributed by atoms with Gasteiger partial charge < -0.3 is 15.8 Å². The van der Waals surface area contributed by atoms with Crippen molar-refractivity contribution in [3.63, 3.8) is 0 Å². The summed E-state index contributed by atoms with van der Waals surface area (Å²) >= 11 is 0. The summed E-state index contributed by atoms with van der Waals surface area (Å²) in [6.07, 6.45) is 3.20. The topological polar surface area (TPSA) is 64.3 Å². The Balaban J connectivity index is 2.00. The number of ether oxygens (including phenoxy) is 1. The number of carbonyl (C=O) groups is 1. The summed E-state index contributed by atoms with van der Waals surface area (Å²) in [6.45, 7) is 4.27. The molecular weight excluding hydrogens is 288 g/mol. The van der Waals surface area contributed by atoms with Crippen LogP contribution in [-0.2, 0) is 4.79 Å². The maximum absolute atomic E-state index is 12.0. The highest BCUT2D eigenvalue weighted by Crippen LogP contribution is 2.22. The van der Waals surface area contributed by atoms with Crippen LogP contribution in [0.25, 0.3) is 6.08 Å². The summed E-state index contributed by atoms with van der Waals surface area (Å²) in [5, 5.41) is 2.83. The predicted octanol–water partition coefficient (Wildman–Crippen LogP) is 4.05. The number of methoxy groups -OCH3 is 1. The van der Waals surface area contributed by atoms with Gasteiger partial charge in [0.1, 0.15) is 5.75 Å². The van der Waals surface area contributed by atoms with Crippen LogP contribution in [0, 0.1) is 0 Å². The highest BCUT2D eigenvalue weighted by atomic mass is 16.5. The number of hydrogen-bond acceptors (Lipinski definition) is 3. The van der Waals surface area contributed by atoms with Crippen molar-refractivity contribution in [3.05, 3.63) is 59.7 Å². The Hall–Kier alpha value is -2.75. The molecule has 0 bridgehead atoms. The zero-order valence-corrected chi connectivity index (χ0v) is 13.7. The molecule has 0 aliphatic rings. The molecule has 4 nitrogen and oxygen atoms in total. The van der Waals surface area contributed by atoms with Gasteiger partial charge in [0.25, 0.3) is 0 Å². The van der Waals surface area contributed by atoms with Crippen LogP contribution in [-0.4, -0.2) is 13.0 Å². The molecule has 0 radical (unpaired) electrons. The van der Waals surface area contributed by atoms with Crippen molar-refractivity contribution in [2.24, 2.45) is 0 Å². The fraction of sp³-hybridized carbons (Fsp3) is 0.211. The SMILES string of the molecule is COc1ccc(/C=C/C(=O)Nc2ccc(C(C)C)cc2)cc1N. The van der Waals surface area contributed by atoms with E-state index in [0.717, 1.165) is 11.3 Å². The highest BCUT2D eigenvalue weighted by molar-refractivity contribution is 6.02. The van der Waals surface area contributed by atoms with Crippen LogP contribution in [0.1, 0.15) is 30.9 Å². The van der Waals surface area contributed by atoms with E-state index in [1.54, 1.807) is 25.3 Å². The van der Waals surface area contributed by atoms with Gasteiger partial charge in [-0.05, 0) is 47.4 Å². The Morgan fingerprint density at radius 1 is 1.17 bits per heavy atom. The number of nitrogen functional groups attached to an aromatic ring is 1. The van der Waals surface area contributed by atoms with Gasteiger partial charge in [0.05, 0.1) is 12.8 Å². The maximum atomic E-state index is 12.0. The third kappa shape index (κ3) is 4.61. The van der Waals surface area contributed by atoms with Crippen LogP contribution in [0.4, 0.5) is 11.4 Å². The summed E-state index contributed by atoms with van der Waals surface area (Å²) in [5.41, 5.74) is 9.24. The third-order valence-electron chi connectivity index (χ3n) is 3.53. The van der Waals surface area contributed by atoms with E-state index in [4.69, 9.17) is 10.5 Å². The van der Waals surface area contributed by atoms with Crippen LogP contribution < -0.4 is 15.8 Å². The largest absolute Gasteiger partial charge is 0.495 e. The summed E-state index contributed by atoms with van der Waals surface area (Å²) < 4.78 is 5.10. The van der Waals surface area contributed by atoms with Crippen molar-refractivity contribution < 1.29 is 9.53 Å². The molecule has 2 aromatic rings. The van der Waals surface area contributed by atoms with Crippen LogP contribution in [0.3, 0.4) is 0 Å². The van der Waals surface area contributed by atoms with E-state index >= 15 is 0 Å². The van der Waals surface area contributed by atoms with Gasteiger partial charge in [-0.1, -0.05) is 32.0 Å². The smallest absolute Gasteiger partial charge is 0.248 e. The first-order valence-corrected chi connectivity index (χ1v) is 7.52. The second kappa shape index (κ2) is 7.49. The molecule has 0 spiro atoms. The molecule has 0 saturated heterocycles. The molecule has 120 valence electrons. The van der Waals surface area contributed by atoms with Crippen molar-refractivity contribution in [1.29, 1.82) is 0 Å². The molecular formula is C19H22N2O2. The van der Waals surface area contributed by atoms with Crippen LogP contribution in [0.15, 0.2) is 48.5 Å². The number of nitrogens with two attached hydrogens (primary N) is 1. The number of benzene rings is 2. The molecule has 4 heteroatoms. The standard InChI is InChI=1S/C19H22N2O2/c1-13(2)15-6-8-16(9-7-15)21-19(22)11-5-14-4-10-18(23-3)17(20)12-14/h4-13H,20H2,1-3H3,(H,21,22)/b11-5+. The second-order valence-corrected chi connectivity index (χ2v) is 5.60. The van der Waals surface area contributed by atoms with Gasteiger partial charge >= 0.3 is 0 Å². The fourth-order valence-electron chi connectivity index (χ4n) is 2.16. The first-order valence-electron chi connectivity index (χ1n) is 7.52. The van der Waals surface area contributed by atoms with Gasteiger partial charge in [0.15, 0.2) is 0 Å². The van der Waals surface area contributed by atoms with Crippen molar-refractivity contribution >= 4 is 23.4 Å². The van der Waals surface area contributed by atoms with Crippen LogP contribution >= 0.6 is 0 Å². The van der Waals surface area contributed by atoms with Gasteiger partial charge in [0, 0.05) is 11.8 Å². The number of amides is 1. The van der Waals surface area contributed by atoms with Crippen LogP contribution in [0.2, 0.25) is 0 Å². The summed E-state index contributed by atoms with van der Waals surface area (Å²) in [6, 6.07) is 13.2. The molecule has 0 heterocycles. The van der Waals surface area contributed by atoms with E-state index in [1.807, 2.05) is 30.3 Å². The van der Waals surface area contributed by atoms with E-state index in [2.05, 4.69) is 19.2 Å². The molecule has 0 fully saturated rings. The molecule has 0 aromatic heterocycles. The minimum absolute atomic E-state index is 0.184. The van der Waals surface area contributed by atoms with E-state index in [0.29, 0.717) is 17.4 Å². The van der Waals surface area contributed by atoms with E-state index in [9.17, 15) is 4.79 Å². The molecule has 3 N–H and O–H groups in total. The number of nitrogens with one attached hydrogen (secondary N) is 1. The number of rotatable bonds is 5. The zero-order valence-electron chi connectivity index (χ0n) is 13.7. The molecule has 0 unspecified atom stereocenters.